The van der Waals surface area contributed by atoms with Crippen LogP contribution in [-0.2, 0) is 20.8 Å². The molecule has 0 aromatic heterocycles. The summed E-state index contributed by atoms with van der Waals surface area (Å²) in [7, 11) is 3.12. The van der Waals surface area contributed by atoms with Gasteiger partial charge in [0.1, 0.15) is 18.1 Å². The van der Waals surface area contributed by atoms with Crippen LogP contribution in [0.1, 0.15) is 37.3 Å². The van der Waals surface area contributed by atoms with Crippen molar-refractivity contribution in [1.82, 2.24) is 0 Å². The van der Waals surface area contributed by atoms with Gasteiger partial charge < -0.3 is 23.8 Å². The van der Waals surface area contributed by atoms with Gasteiger partial charge in [0.2, 0.25) is 0 Å². The summed E-state index contributed by atoms with van der Waals surface area (Å²) < 4.78 is 22.0. The van der Waals surface area contributed by atoms with E-state index in [1.165, 1.54) is 7.11 Å². The van der Waals surface area contributed by atoms with Crippen LogP contribution in [0.5, 0.6) is 11.5 Å². The van der Waals surface area contributed by atoms with Crippen molar-refractivity contribution in [2.24, 2.45) is 0 Å². The third kappa shape index (κ3) is 6.95. The van der Waals surface area contributed by atoms with Gasteiger partial charge in [0.25, 0.3) is 0 Å². The highest BCUT2D eigenvalue weighted by Gasteiger charge is 2.21. The zero-order valence-electron chi connectivity index (χ0n) is 22.6. The Labute approximate surface area is 225 Å². The molecule has 0 saturated carbocycles. The van der Waals surface area contributed by atoms with E-state index in [0.717, 1.165) is 58.9 Å². The van der Waals surface area contributed by atoms with E-state index in [1.807, 2.05) is 36.4 Å². The molecule has 0 saturated heterocycles. The molecule has 0 N–H and O–H groups in total. The van der Waals surface area contributed by atoms with E-state index in [1.54, 1.807) is 7.11 Å². The highest BCUT2D eigenvalue weighted by atomic mass is 16.5. The molecular weight excluding hydrogens is 478 g/mol. The average molecular weight is 516 g/mol. The highest BCUT2D eigenvalue weighted by Crippen LogP contribution is 2.35. The molecule has 6 nitrogen and oxygen atoms in total. The first kappa shape index (κ1) is 27.3. The van der Waals surface area contributed by atoms with E-state index < -0.39 is 0 Å². The van der Waals surface area contributed by atoms with Gasteiger partial charge in [0.15, 0.2) is 0 Å². The highest BCUT2D eigenvalue weighted by molar-refractivity contribution is 5.96. The molecule has 0 fully saturated rings. The Balaban J connectivity index is 1.55. The number of ether oxygens (including phenoxy) is 4. The van der Waals surface area contributed by atoms with Crippen LogP contribution in [0, 0.1) is 0 Å². The monoisotopic (exact) mass is 515 g/mol. The standard InChI is InChI=1S/C32H37NO5/c1-4-5-18-37-19-20-38-29-13-10-24(11-14-29)25-12-15-30-28(21-25)22-26(32(34)36-3)16-17-33(30)23-27-8-6-7-9-31(27)35-2/h6-15,21-22H,4-5,16-20,23H2,1-3H3. The third-order valence-electron chi connectivity index (χ3n) is 6.68. The number of fused-ring (bicyclic) bond motifs is 1. The minimum absolute atomic E-state index is 0.291. The van der Waals surface area contributed by atoms with Crippen LogP contribution in [0.15, 0.2) is 72.3 Å². The minimum Gasteiger partial charge on any atom is -0.496 e. The summed E-state index contributed by atoms with van der Waals surface area (Å²) in [4.78, 5) is 14.8. The lowest BCUT2D eigenvalue weighted by molar-refractivity contribution is -0.136. The van der Waals surface area contributed by atoms with Gasteiger partial charge in [0.05, 0.1) is 20.8 Å². The van der Waals surface area contributed by atoms with Gasteiger partial charge in [-0.1, -0.05) is 49.7 Å². The quantitative estimate of drug-likeness (QED) is 0.202. The second kappa shape index (κ2) is 13.7. The van der Waals surface area contributed by atoms with Crippen molar-refractivity contribution in [1.29, 1.82) is 0 Å². The van der Waals surface area contributed by atoms with E-state index in [4.69, 9.17) is 18.9 Å². The van der Waals surface area contributed by atoms with E-state index in [9.17, 15) is 4.79 Å². The topological polar surface area (TPSA) is 57.2 Å². The van der Waals surface area contributed by atoms with Crippen LogP contribution < -0.4 is 14.4 Å². The first-order valence-corrected chi connectivity index (χ1v) is 13.2. The molecule has 0 radical (unpaired) electrons. The number of benzene rings is 3. The van der Waals surface area contributed by atoms with Crippen molar-refractivity contribution in [3.05, 3.63) is 83.4 Å². The second-order valence-corrected chi connectivity index (χ2v) is 9.26. The lowest BCUT2D eigenvalue weighted by atomic mass is 10.00. The third-order valence-corrected chi connectivity index (χ3v) is 6.68. The SMILES string of the molecule is CCCCOCCOc1ccc(-c2ccc3c(c2)C=C(C(=O)OC)CCN3Cc2ccccc2OC)cc1. The second-order valence-electron chi connectivity index (χ2n) is 9.26. The number of hydrogen-bond donors (Lipinski definition) is 0. The van der Waals surface area contributed by atoms with Gasteiger partial charge in [-0.25, -0.2) is 4.79 Å². The average Bonchev–Trinajstić information content (AvgIpc) is 3.14. The van der Waals surface area contributed by atoms with Crippen LogP contribution in [-0.4, -0.2) is 46.6 Å². The van der Waals surface area contributed by atoms with Gasteiger partial charge in [-0.15, -0.1) is 0 Å². The van der Waals surface area contributed by atoms with Crippen LogP contribution in [0.2, 0.25) is 0 Å². The number of unbranched alkanes of at least 4 members (excludes halogenated alkanes) is 1. The van der Waals surface area contributed by atoms with Crippen molar-refractivity contribution in [2.45, 2.75) is 32.7 Å². The molecule has 0 amide bonds. The number of anilines is 1. The number of rotatable bonds is 12. The van der Waals surface area contributed by atoms with E-state index in [2.05, 4.69) is 48.2 Å². The summed E-state index contributed by atoms with van der Waals surface area (Å²) in [6.07, 6.45) is 4.76. The maximum absolute atomic E-state index is 12.5. The Morgan fingerprint density at radius 3 is 2.47 bits per heavy atom. The number of hydrogen-bond acceptors (Lipinski definition) is 6. The van der Waals surface area contributed by atoms with Crippen LogP contribution in [0.25, 0.3) is 17.2 Å². The Morgan fingerprint density at radius 1 is 0.921 bits per heavy atom. The summed E-state index contributed by atoms with van der Waals surface area (Å²) in [5.74, 6) is 1.38. The lowest BCUT2D eigenvalue weighted by Crippen LogP contribution is -2.24. The van der Waals surface area contributed by atoms with E-state index in [0.29, 0.717) is 38.3 Å². The molecule has 200 valence electrons. The minimum atomic E-state index is -0.291. The fourth-order valence-electron chi connectivity index (χ4n) is 4.58. The van der Waals surface area contributed by atoms with Gasteiger partial charge >= 0.3 is 5.97 Å². The number of carbonyl (C=O) groups is 1. The molecule has 0 unspecified atom stereocenters. The zero-order valence-corrected chi connectivity index (χ0v) is 22.6. The number of esters is 1. The first-order valence-electron chi connectivity index (χ1n) is 13.2. The summed E-state index contributed by atoms with van der Waals surface area (Å²) in [6.45, 7) is 5.42. The molecule has 0 spiro atoms. The van der Waals surface area contributed by atoms with E-state index in [-0.39, 0.29) is 5.97 Å². The Hall–Kier alpha value is -3.77. The number of para-hydroxylation sites is 1. The molecule has 38 heavy (non-hydrogen) atoms. The fourth-order valence-corrected chi connectivity index (χ4v) is 4.58. The molecule has 0 bridgehead atoms. The Kier molecular flexibility index (Phi) is 9.82. The maximum Gasteiger partial charge on any atom is 0.333 e. The van der Waals surface area contributed by atoms with Crippen molar-refractivity contribution < 1.29 is 23.7 Å². The molecule has 0 aliphatic carbocycles. The zero-order chi connectivity index (χ0) is 26.7. The molecule has 1 aliphatic rings. The summed E-state index contributed by atoms with van der Waals surface area (Å²) >= 11 is 0. The summed E-state index contributed by atoms with van der Waals surface area (Å²) in [6, 6.07) is 22.5. The summed E-state index contributed by atoms with van der Waals surface area (Å²) in [5.41, 5.74) is 5.96. The van der Waals surface area contributed by atoms with Gasteiger partial charge in [-0.2, -0.15) is 0 Å². The van der Waals surface area contributed by atoms with Crippen LogP contribution >= 0.6 is 0 Å². The molecule has 1 aliphatic heterocycles. The van der Waals surface area contributed by atoms with Crippen molar-refractivity contribution in [3.63, 3.8) is 0 Å². The number of nitrogens with zero attached hydrogens (tertiary/aromatic N) is 1. The van der Waals surface area contributed by atoms with Gasteiger partial charge in [-0.05, 0) is 65.9 Å². The van der Waals surface area contributed by atoms with Crippen molar-refractivity contribution >= 4 is 17.7 Å². The van der Waals surface area contributed by atoms with Crippen LogP contribution in [0.3, 0.4) is 0 Å². The molecule has 4 rings (SSSR count). The molecule has 3 aromatic rings. The molecule has 0 atom stereocenters. The van der Waals surface area contributed by atoms with Crippen molar-refractivity contribution in [2.75, 3.05) is 45.5 Å². The predicted molar refractivity (Wildman–Crippen MR) is 152 cm³/mol. The van der Waals surface area contributed by atoms with E-state index >= 15 is 0 Å². The van der Waals surface area contributed by atoms with Gasteiger partial charge in [-0.3, -0.25) is 0 Å². The number of methoxy groups -OCH3 is 2. The molecule has 1 heterocycles. The maximum atomic E-state index is 12.5. The largest absolute Gasteiger partial charge is 0.496 e. The molecule has 3 aromatic carbocycles. The van der Waals surface area contributed by atoms with Crippen LogP contribution in [0.4, 0.5) is 5.69 Å². The predicted octanol–water partition coefficient (Wildman–Crippen LogP) is 6.52. The normalized spacial score (nSPS) is 12.8. The molecular formula is C32H37NO5. The lowest BCUT2D eigenvalue weighted by Gasteiger charge is -2.26. The Bertz CT molecular complexity index is 1230. The van der Waals surface area contributed by atoms with Gasteiger partial charge in [0, 0.05) is 36.5 Å². The summed E-state index contributed by atoms with van der Waals surface area (Å²) in [5, 5.41) is 0. The fraction of sp³-hybridized carbons (Fsp3) is 0.344. The smallest absolute Gasteiger partial charge is 0.333 e. The Morgan fingerprint density at radius 2 is 1.71 bits per heavy atom. The number of carbonyl (C=O) groups excluding carboxylic acids is 1. The first-order chi connectivity index (χ1) is 18.6. The molecule has 6 heteroatoms. The van der Waals surface area contributed by atoms with Crippen molar-refractivity contribution in [3.8, 4) is 22.6 Å².